The molecule has 0 aromatic rings. The Hall–Kier alpha value is -0.610. The van der Waals surface area contributed by atoms with Gasteiger partial charge in [-0.1, -0.05) is 0 Å². The van der Waals surface area contributed by atoms with E-state index in [4.69, 9.17) is 5.11 Å². The van der Waals surface area contributed by atoms with Gasteiger partial charge in [-0.3, -0.25) is 4.79 Å². The van der Waals surface area contributed by atoms with Gasteiger partial charge in [0.2, 0.25) is 5.91 Å². The van der Waals surface area contributed by atoms with Gasteiger partial charge in [0.05, 0.1) is 6.10 Å². The zero-order valence-electron chi connectivity index (χ0n) is 8.63. The third-order valence-electron chi connectivity index (χ3n) is 1.69. The molecule has 0 aliphatic heterocycles. The van der Waals surface area contributed by atoms with E-state index >= 15 is 0 Å². The molecule has 0 radical (unpaired) electrons. The zero-order valence-corrected chi connectivity index (χ0v) is 8.63. The number of aliphatic hydroxyl groups excluding tert-OH is 1. The molecule has 2 atom stereocenters. The molecule has 0 spiro atoms. The fourth-order valence-electron chi connectivity index (χ4n) is 1.15. The third kappa shape index (κ3) is 9.30. The highest BCUT2D eigenvalue weighted by atomic mass is 16.3. The molecule has 78 valence electrons. The highest BCUT2D eigenvalue weighted by Crippen LogP contribution is 1.95. The van der Waals surface area contributed by atoms with E-state index in [1.807, 2.05) is 6.92 Å². The summed E-state index contributed by atoms with van der Waals surface area (Å²) in [4.78, 5) is 10.5. The number of nitrogens with one attached hydrogen (secondary N) is 2. The highest BCUT2D eigenvalue weighted by Gasteiger charge is 2.04. The van der Waals surface area contributed by atoms with Gasteiger partial charge >= 0.3 is 0 Å². The third-order valence-corrected chi connectivity index (χ3v) is 1.69. The van der Waals surface area contributed by atoms with Crippen LogP contribution in [0.15, 0.2) is 0 Å². The van der Waals surface area contributed by atoms with Crippen molar-refractivity contribution in [2.24, 2.45) is 0 Å². The minimum Gasteiger partial charge on any atom is -0.393 e. The van der Waals surface area contributed by atoms with Gasteiger partial charge in [-0.05, 0) is 20.3 Å². The Kier molecular flexibility index (Phi) is 6.54. The molecule has 0 fully saturated rings. The molecule has 4 heteroatoms. The highest BCUT2D eigenvalue weighted by molar-refractivity contribution is 5.72. The Morgan fingerprint density at radius 2 is 2.00 bits per heavy atom. The van der Waals surface area contributed by atoms with Crippen LogP contribution in [0.3, 0.4) is 0 Å². The number of carbonyl (C=O) groups is 1. The van der Waals surface area contributed by atoms with Crippen molar-refractivity contribution in [2.45, 2.75) is 39.3 Å². The zero-order chi connectivity index (χ0) is 10.3. The fraction of sp³-hybridized carbons (Fsp3) is 0.889. The van der Waals surface area contributed by atoms with Gasteiger partial charge in [0.25, 0.3) is 0 Å². The number of hydrogen-bond donors (Lipinski definition) is 3. The maximum atomic E-state index is 10.5. The fourth-order valence-corrected chi connectivity index (χ4v) is 1.15. The molecule has 2 unspecified atom stereocenters. The number of aliphatic hydroxyl groups is 1. The summed E-state index contributed by atoms with van der Waals surface area (Å²) in [7, 11) is 0. The summed E-state index contributed by atoms with van der Waals surface area (Å²) < 4.78 is 0. The number of hydrogen-bond acceptors (Lipinski definition) is 3. The predicted octanol–water partition coefficient (Wildman–Crippen LogP) is -0.128. The topological polar surface area (TPSA) is 61.4 Å². The smallest absolute Gasteiger partial charge is 0.216 e. The van der Waals surface area contributed by atoms with E-state index < -0.39 is 0 Å². The molecule has 0 aliphatic carbocycles. The Morgan fingerprint density at radius 1 is 1.38 bits per heavy atom. The molecule has 4 nitrogen and oxygen atoms in total. The second-order valence-corrected chi connectivity index (χ2v) is 3.42. The van der Waals surface area contributed by atoms with Crippen molar-refractivity contribution < 1.29 is 9.90 Å². The molecule has 0 bridgehead atoms. The number of carbonyl (C=O) groups excluding carboxylic acids is 1. The van der Waals surface area contributed by atoms with Crippen LogP contribution in [0.1, 0.15) is 27.2 Å². The van der Waals surface area contributed by atoms with Gasteiger partial charge < -0.3 is 15.7 Å². The van der Waals surface area contributed by atoms with Crippen LogP contribution in [0, 0.1) is 0 Å². The largest absolute Gasteiger partial charge is 0.393 e. The van der Waals surface area contributed by atoms with Gasteiger partial charge in [-0.15, -0.1) is 0 Å². The quantitative estimate of drug-likeness (QED) is 0.509. The van der Waals surface area contributed by atoms with E-state index in [-0.39, 0.29) is 18.1 Å². The Morgan fingerprint density at radius 3 is 2.46 bits per heavy atom. The van der Waals surface area contributed by atoms with Gasteiger partial charge in [-0.25, -0.2) is 0 Å². The lowest BCUT2D eigenvalue weighted by atomic mass is 10.1. The monoisotopic (exact) mass is 188 g/mol. The molecular weight excluding hydrogens is 168 g/mol. The van der Waals surface area contributed by atoms with Crippen LogP contribution < -0.4 is 10.6 Å². The van der Waals surface area contributed by atoms with Gasteiger partial charge in [0, 0.05) is 26.1 Å². The molecule has 0 rings (SSSR count). The standard InChI is InChI=1S/C9H20N2O2/c1-7(6-8(2)12)10-4-5-11-9(3)13/h7-8,10,12H,4-6H2,1-3H3,(H,11,13). The lowest BCUT2D eigenvalue weighted by Crippen LogP contribution is -2.36. The molecular formula is C9H20N2O2. The SMILES string of the molecule is CC(=O)NCCNC(C)CC(C)O. The van der Waals surface area contributed by atoms with Crippen molar-refractivity contribution in [3.05, 3.63) is 0 Å². The minimum absolute atomic E-state index is 0.00928. The van der Waals surface area contributed by atoms with E-state index in [9.17, 15) is 4.79 Å². The molecule has 3 N–H and O–H groups in total. The van der Waals surface area contributed by atoms with Crippen LogP contribution in [-0.2, 0) is 4.79 Å². The van der Waals surface area contributed by atoms with E-state index in [2.05, 4.69) is 10.6 Å². The Balaban J connectivity index is 3.26. The normalized spacial score (nSPS) is 15.1. The molecule has 0 saturated carbocycles. The van der Waals surface area contributed by atoms with Crippen molar-refractivity contribution >= 4 is 5.91 Å². The van der Waals surface area contributed by atoms with Crippen LogP contribution in [0.2, 0.25) is 0 Å². The first-order valence-corrected chi connectivity index (χ1v) is 4.68. The van der Waals surface area contributed by atoms with Crippen molar-refractivity contribution in [1.29, 1.82) is 0 Å². The number of amides is 1. The van der Waals surface area contributed by atoms with E-state index in [0.29, 0.717) is 6.54 Å². The summed E-state index contributed by atoms with van der Waals surface area (Å²) in [5.74, 6) is -0.00928. The Labute approximate surface area is 79.7 Å². The predicted molar refractivity (Wildman–Crippen MR) is 52.4 cm³/mol. The van der Waals surface area contributed by atoms with Crippen LogP contribution in [0.4, 0.5) is 0 Å². The lowest BCUT2D eigenvalue weighted by molar-refractivity contribution is -0.118. The summed E-state index contributed by atoms with van der Waals surface area (Å²) in [5, 5.41) is 14.9. The van der Waals surface area contributed by atoms with E-state index in [1.54, 1.807) is 6.92 Å². The van der Waals surface area contributed by atoms with E-state index in [1.165, 1.54) is 6.92 Å². The maximum absolute atomic E-state index is 10.5. The molecule has 0 aliphatic rings. The summed E-state index contributed by atoms with van der Waals surface area (Å²) >= 11 is 0. The maximum Gasteiger partial charge on any atom is 0.216 e. The van der Waals surface area contributed by atoms with Crippen LogP contribution >= 0.6 is 0 Å². The molecule has 1 amide bonds. The van der Waals surface area contributed by atoms with Crippen molar-refractivity contribution in [1.82, 2.24) is 10.6 Å². The van der Waals surface area contributed by atoms with Crippen LogP contribution in [-0.4, -0.2) is 36.2 Å². The van der Waals surface area contributed by atoms with Crippen molar-refractivity contribution in [2.75, 3.05) is 13.1 Å². The summed E-state index contributed by atoms with van der Waals surface area (Å²) in [6.45, 7) is 6.67. The van der Waals surface area contributed by atoms with Crippen LogP contribution in [0.25, 0.3) is 0 Å². The first kappa shape index (κ1) is 12.4. The summed E-state index contributed by atoms with van der Waals surface area (Å²) in [6.07, 6.45) is 0.461. The minimum atomic E-state index is -0.275. The second kappa shape index (κ2) is 6.86. The summed E-state index contributed by atoms with van der Waals surface area (Å²) in [5.41, 5.74) is 0. The summed E-state index contributed by atoms with van der Waals surface area (Å²) in [6, 6.07) is 0.286. The van der Waals surface area contributed by atoms with Gasteiger partial charge in [0.1, 0.15) is 0 Å². The van der Waals surface area contributed by atoms with Crippen molar-refractivity contribution in [3.63, 3.8) is 0 Å². The molecule has 0 aromatic heterocycles. The van der Waals surface area contributed by atoms with E-state index in [0.717, 1.165) is 13.0 Å². The second-order valence-electron chi connectivity index (χ2n) is 3.42. The first-order valence-electron chi connectivity index (χ1n) is 4.68. The van der Waals surface area contributed by atoms with Crippen molar-refractivity contribution in [3.8, 4) is 0 Å². The van der Waals surface area contributed by atoms with Crippen LogP contribution in [0.5, 0.6) is 0 Å². The molecule has 0 heterocycles. The van der Waals surface area contributed by atoms with Gasteiger partial charge in [0.15, 0.2) is 0 Å². The average molecular weight is 188 g/mol. The number of rotatable bonds is 6. The Bertz CT molecular complexity index is 149. The molecule has 0 saturated heterocycles. The average Bonchev–Trinajstić information content (AvgIpc) is 1.96. The molecule has 0 aromatic carbocycles. The first-order chi connectivity index (χ1) is 6.02. The lowest BCUT2D eigenvalue weighted by Gasteiger charge is -2.15. The molecule has 13 heavy (non-hydrogen) atoms. The van der Waals surface area contributed by atoms with Gasteiger partial charge in [-0.2, -0.15) is 0 Å².